The molecule has 0 radical (unpaired) electrons. The van der Waals surface area contributed by atoms with Gasteiger partial charge in [-0.2, -0.15) is 4.89 Å². The van der Waals surface area contributed by atoms with Gasteiger partial charge in [0.25, 0.3) is 0 Å². The van der Waals surface area contributed by atoms with Crippen LogP contribution >= 0.6 is 8.03 Å². The molecule has 1 rings (SSSR count). The summed E-state index contributed by atoms with van der Waals surface area (Å²) < 4.78 is 11.5. The Hall–Kier alpha value is -0.720. The summed E-state index contributed by atoms with van der Waals surface area (Å²) >= 11 is 0. The SMILES string of the molecule is CCCc1ccc([P+](=O)O)c(CCC)c1CCC. The van der Waals surface area contributed by atoms with Crippen molar-refractivity contribution in [3.63, 3.8) is 0 Å². The Morgan fingerprint density at radius 1 is 0.944 bits per heavy atom. The molecule has 1 N–H and O–H groups in total. The maximum absolute atomic E-state index is 11.5. The summed E-state index contributed by atoms with van der Waals surface area (Å²) in [6.07, 6.45) is 6.20. The van der Waals surface area contributed by atoms with Crippen molar-refractivity contribution >= 4 is 13.3 Å². The third kappa shape index (κ3) is 3.63. The van der Waals surface area contributed by atoms with Crippen molar-refractivity contribution in [2.24, 2.45) is 0 Å². The Morgan fingerprint density at radius 3 is 2.00 bits per heavy atom. The summed E-state index contributed by atoms with van der Waals surface area (Å²) in [6.45, 7) is 6.46. The van der Waals surface area contributed by atoms with Gasteiger partial charge < -0.3 is 0 Å². The third-order valence-corrected chi connectivity index (χ3v) is 4.06. The number of hydrogen-bond donors (Lipinski definition) is 1. The Morgan fingerprint density at radius 2 is 1.50 bits per heavy atom. The van der Waals surface area contributed by atoms with Crippen molar-refractivity contribution in [3.8, 4) is 0 Å². The van der Waals surface area contributed by atoms with Crippen molar-refractivity contribution in [2.75, 3.05) is 0 Å². The van der Waals surface area contributed by atoms with Crippen molar-refractivity contribution in [2.45, 2.75) is 59.3 Å². The van der Waals surface area contributed by atoms with E-state index in [1.54, 1.807) is 0 Å². The molecular weight excluding hydrogens is 243 g/mol. The maximum Gasteiger partial charge on any atom is 0.546 e. The van der Waals surface area contributed by atoms with Gasteiger partial charge in [0.1, 0.15) is 0 Å². The summed E-state index contributed by atoms with van der Waals surface area (Å²) in [7, 11) is -2.23. The van der Waals surface area contributed by atoms with E-state index >= 15 is 0 Å². The smallest absolute Gasteiger partial charge is 0.156 e. The van der Waals surface area contributed by atoms with Crippen molar-refractivity contribution in [1.82, 2.24) is 0 Å². The fourth-order valence-electron chi connectivity index (χ4n) is 2.50. The Bertz CT molecular complexity index is 413. The van der Waals surface area contributed by atoms with Gasteiger partial charge >= 0.3 is 8.03 Å². The molecule has 0 saturated carbocycles. The molecule has 1 atom stereocenters. The average Bonchev–Trinajstić information content (AvgIpc) is 2.33. The van der Waals surface area contributed by atoms with Crippen LogP contribution < -0.4 is 5.30 Å². The lowest BCUT2D eigenvalue weighted by Crippen LogP contribution is -2.12. The standard InChI is InChI=1S/C15H23O2P/c1-4-7-12-10-11-15(18(16)17)14(9-6-3)13(12)8-5-2/h10-11H,4-9H2,1-3H3/p+1. The van der Waals surface area contributed by atoms with E-state index in [0.717, 1.165) is 44.1 Å². The molecule has 0 heterocycles. The minimum atomic E-state index is -2.23. The second-order valence-corrected chi connectivity index (χ2v) is 5.75. The lowest BCUT2D eigenvalue weighted by molar-refractivity contribution is 0.513. The first-order chi connectivity index (χ1) is 8.65. The quantitative estimate of drug-likeness (QED) is 0.761. The highest BCUT2D eigenvalue weighted by molar-refractivity contribution is 7.47. The minimum absolute atomic E-state index is 0.648. The fourth-order valence-corrected chi connectivity index (χ4v) is 3.18. The minimum Gasteiger partial charge on any atom is -0.156 e. The van der Waals surface area contributed by atoms with Gasteiger partial charge in [-0.1, -0.05) is 46.1 Å². The molecule has 0 bridgehead atoms. The van der Waals surface area contributed by atoms with Crippen LogP contribution in [0.2, 0.25) is 0 Å². The van der Waals surface area contributed by atoms with Gasteiger partial charge in [-0.15, -0.1) is 0 Å². The van der Waals surface area contributed by atoms with E-state index in [1.165, 1.54) is 11.1 Å². The highest BCUT2D eigenvalue weighted by Gasteiger charge is 2.24. The van der Waals surface area contributed by atoms with E-state index < -0.39 is 8.03 Å². The molecule has 3 heteroatoms. The van der Waals surface area contributed by atoms with Gasteiger partial charge in [0, 0.05) is 5.56 Å². The first kappa shape index (κ1) is 15.3. The van der Waals surface area contributed by atoms with Crippen LogP contribution in [0.1, 0.15) is 56.7 Å². The van der Waals surface area contributed by atoms with Crippen LogP contribution in [0.25, 0.3) is 0 Å². The van der Waals surface area contributed by atoms with Gasteiger partial charge in [-0.25, -0.2) is 0 Å². The number of rotatable bonds is 7. The Labute approximate surface area is 111 Å². The van der Waals surface area contributed by atoms with Crippen molar-refractivity contribution < 1.29 is 9.46 Å². The molecule has 0 saturated heterocycles. The molecule has 0 aliphatic heterocycles. The summed E-state index contributed by atoms with van der Waals surface area (Å²) in [4.78, 5) is 9.45. The molecule has 0 aliphatic carbocycles. The number of hydrogen-bond acceptors (Lipinski definition) is 1. The molecule has 1 aromatic carbocycles. The van der Waals surface area contributed by atoms with Gasteiger partial charge in [0.05, 0.1) is 0 Å². The van der Waals surface area contributed by atoms with Crippen LogP contribution in [0.15, 0.2) is 12.1 Å². The van der Waals surface area contributed by atoms with Gasteiger partial charge in [-0.3, -0.25) is 0 Å². The summed E-state index contributed by atoms with van der Waals surface area (Å²) in [5, 5.41) is 0.648. The van der Waals surface area contributed by atoms with Gasteiger partial charge in [0.15, 0.2) is 0 Å². The van der Waals surface area contributed by atoms with Gasteiger partial charge in [-0.05, 0) is 41.0 Å². The van der Waals surface area contributed by atoms with Crippen LogP contribution in [0, 0.1) is 0 Å². The number of benzene rings is 1. The first-order valence-corrected chi connectivity index (χ1v) is 8.16. The summed E-state index contributed by atoms with van der Waals surface area (Å²) in [5.74, 6) is 0. The molecular formula is C15H24O2P+. The van der Waals surface area contributed by atoms with Crippen molar-refractivity contribution in [3.05, 3.63) is 28.8 Å². The van der Waals surface area contributed by atoms with E-state index in [4.69, 9.17) is 0 Å². The topological polar surface area (TPSA) is 37.3 Å². The van der Waals surface area contributed by atoms with E-state index in [0.29, 0.717) is 5.30 Å². The van der Waals surface area contributed by atoms with Crippen molar-refractivity contribution in [1.29, 1.82) is 0 Å². The first-order valence-electron chi connectivity index (χ1n) is 6.95. The lowest BCUT2D eigenvalue weighted by atomic mass is 9.92. The van der Waals surface area contributed by atoms with Crippen LogP contribution in [-0.2, 0) is 23.8 Å². The molecule has 0 fully saturated rings. The Balaban J connectivity index is 3.33. The molecule has 2 nitrogen and oxygen atoms in total. The predicted molar refractivity (Wildman–Crippen MR) is 77.9 cm³/mol. The fraction of sp³-hybridized carbons (Fsp3) is 0.600. The normalized spacial score (nSPS) is 11.7. The van der Waals surface area contributed by atoms with Crippen LogP contribution in [-0.4, -0.2) is 4.89 Å². The second kappa shape index (κ2) is 7.66. The zero-order valence-corrected chi connectivity index (χ0v) is 12.6. The molecule has 1 aromatic rings. The largest absolute Gasteiger partial charge is 0.546 e. The van der Waals surface area contributed by atoms with Gasteiger partial charge in [0.2, 0.25) is 5.30 Å². The molecule has 0 amide bonds. The zero-order chi connectivity index (χ0) is 13.5. The maximum atomic E-state index is 11.5. The molecule has 100 valence electrons. The van der Waals surface area contributed by atoms with E-state index in [-0.39, 0.29) is 0 Å². The molecule has 18 heavy (non-hydrogen) atoms. The molecule has 0 aliphatic rings. The highest BCUT2D eigenvalue weighted by Crippen LogP contribution is 2.25. The lowest BCUT2D eigenvalue weighted by Gasteiger charge is -2.13. The monoisotopic (exact) mass is 267 g/mol. The zero-order valence-electron chi connectivity index (χ0n) is 11.7. The van der Waals surface area contributed by atoms with Crippen LogP contribution in [0.3, 0.4) is 0 Å². The van der Waals surface area contributed by atoms with Crippen LogP contribution in [0.4, 0.5) is 0 Å². The highest BCUT2D eigenvalue weighted by atomic mass is 31.1. The molecule has 1 unspecified atom stereocenters. The number of aryl methyl sites for hydroxylation is 1. The third-order valence-electron chi connectivity index (χ3n) is 3.23. The van der Waals surface area contributed by atoms with E-state index in [2.05, 4.69) is 20.8 Å². The summed E-state index contributed by atoms with van der Waals surface area (Å²) in [5.41, 5.74) is 3.83. The second-order valence-electron chi connectivity index (χ2n) is 4.72. The van der Waals surface area contributed by atoms with Crippen LogP contribution in [0.5, 0.6) is 0 Å². The van der Waals surface area contributed by atoms with E-state index in [1.807, 2.05) is 12.1 Å². The molecule has 0 spiro atoms. The Kier molecular flexibility index (Phi) is 6.52. The predicted octanol–water partition coefficient (Wildman–Crippen LogP) is 3.90. The summed E-state index contributed by atoms with van der Waals surface area (Å²) in [6, 6.07) is 3.90. The average molecular weight is 267 g/mol. The van der Waals surface area contributed by atoms with E-state index in [9.17, 15) is 9.46 Å². The molecule has 0 aromatic heterocycles.